The zero-order valence-corrected chi connectivity index (χ0v) is 10.8. The van der Waals surface area contributed by atoms with Crippen LogP contribution >= 0.6 is 0 Å². The van der Waals surface area contributed by atoms with Crippen LogP contribution in [0.5, 0.6) is 5.75 Å². The summed E-state index contributed by atoms with van der Waals surface area (Å²) >= 11 is 0. The highest BCUT2D eigenvalue weighted by Crippen LogP contribution is 2.38. The molecular formula is C14H18F3NO. The first-order valence-electron chi connectivity index (χ1n) is 6.57. The lowest BCUT2D eigenvalue weighted by Gasteiger charge is -2.18. The molecule has 1 saturated carbocycles. The predicted molar refractivity (Wildman–Crippen MR) is 66.9 cm³/mol. The van der Waals surface area contributed by atoms with Gasteiger partial charge < -0.3 is 10.1 Å². The molecule has 1 fully saturated rings. The number of nitrogens with one attached hydrogen (secondary N) is 1. The van der Waals surface area contributed by atoms with Crippen molar-refractivity contribution in [2.24, 2.45) is 5.92 Å². The van der Waals surface area contributed by atoms with E-state index in [9.17, 15) is 13.2 Å². The molecule has 106 valence electrons. The fraction of sp³-hybridized carbons (Fsp3) is 0.571. The Morgan fingerprint density at radius 1 is 1.26 bits per heavy atom. The van der Waals surface area contributed by atoms with Crippen LogP contribution in [0.3, 0.4) is 0 Å². The minimum atomic E-state index is -4.63. The summed E-state index contributed by atoms with van der Waals surface area (Å²) in [5, 5.41) is 3.37. The molecule has 1 unspecified atom stereocenters. The molecule has 0 aromatic heterocycles. The summed E-state index contributed by atoms with van der Waals surface area (Å²) in [5.41, 5.74) is 1.02. The lowest BCUT2D eigenvalue weighted by atomic mass is 10.0. The Hall–Kier alpha value is -1.23. The molecule has 0 saturated heterocycles. The van der Waals surface area contributed by atoms with Crippen LogP contribution in [0, 0.1) is 5.92 Å². The molecule has 1 aromatic rings. The summed E-state index contributed by atoms with van der Waals surface area (Å²) in [6, 6.07) is 6.38. The quantitative estimate of drug-likeness (QED) is 0.844. The number of halogens is 3. The number of benzene rings is 1. The molecule has 0 heterocycles. The van der Waals surface area contributed by atoms with Crippen LogP contribution in [0.25, 0.3) is 0 Å². The van der Waals surface area contributed by atoms with Gasteiger partial charge in [-0.1, -0.05) is 31.9 Å². The number of ether oxygens (including phenoxy) is 1. The second-order valence-electron chi connectivity index (χ2n) is 4.91. The topological polar surface area (TPSA) is 21.3 Å². The molecule has 0 aliphatic heterocycles. The van der Waals surface area contributed by atoms with Crippen molar-refractivity contribution in [1.29, 1.82) is 0 Å². The van der Waals surface area contributed by atoms with Gasteiger partial charge in [0.25, 0.3) is 0 Å². The molecule has 0 amide bonds. The summed E-state index contributed by atoms with van der Waals surface area (Å²) in [6.07, 6.45) is -1.06. The average Bonchev–Trinajstić information content (AvgIpc) is 3.11. The van der Waals surface area contributed by atoms with Crippen LogP contribution in [0.1, 0.15) is 37.8 Å². The van der Waals surface area contributed by atoms with E-state index in [1.807, 2.05) is 6.92 Å². The van der Waals surface area contributed by atoms with Gasteiger partial charge in [0.2, 0.25) is 0 Å². The van der Waals surface area contributed by atoms with Crippen molar-refractivity contribution in [2.45, 2.75) is 38.6 Å². The average molecular weight is 273 g/mol. The Kier molecular flexibility index (Phi) is 4.34. The first kappa shape index (κ1) is 14.2. The lowest BCUT2D eigenvalue weighted by Crippen LogP contribution is -2.21. The molecule has 1 N–H and O–H groups in total. The van der Waals surface area contributed by atoms with Crippen LogP contribution in [0.2, 0.25) is 0 Å². The number of hydrogen-bond acceptors (Lipinski definition) is 2. The number of alkyl halides is 3. The van der Waals surface area contributed by atoms with Gasteiger partial charge in [0.1, 0.15) is 5.75 Å². The Balaban J connectivity index is 2.01. The monoisotopic (exact) mass is 273 g/mol. The third-order valence-corrected chi connectivity index (χ3v) is 3.23. The summed E-state index contributed by atoms with van der Waals surface area (Å²) in [6.45, 7) is 2.87. The highest BCUT2D eigenvalue weighted by atomic mass is 19.4. The minimum absolute atomic E-state index is 0.169. The zero-order valence-electron chi connectivity index (χ0n) is 10.8. The number of hydrogen-bond donors (Lipinski definition) is 1. The smallest absolute Gasteiger partial charge is 0.406 e. The highest BCUT2D eigenvalue weighted by Gasteiger charge is 2.31. The van der Waals surface area contributed by atoms with Crippen LogP contribution in [-0.4, -0.2) is 12.9 Å². The third kappa shape index (κ3) is 4.74. The zero-order chi connectivity index (χ0) is 13.9. The molecule has 0 spiro atoms. The van der Waals surface area contributed by atoms with Crippen LogP contribution in [0.4, 0.5) is 13.2 Å². The fourth-order valence-electron chi connectivity index (χ4n) is 2.17. The van der Waals surface area contributed by atoms with Crippen molar-refractivity contribution in [3.8, 4) is 5.75 Å². The van der Waals surface area contributed by atoms with E-state index in [0.717, 1.165) is 24.4 Å². The van der Waals surface area contributed by atoms with E-state index in [0.29, 0.717) is 0 Å². The molecule has 1 atom stereocenters. The van der Waals surface area contributed by atoms with Crippen molar-refractivity contribution < 1.29 is 17.9 Å². The van der Waals surface area contributed by atoms with Crippen molar-refractivity contribution in [1.82, 2.24) is 5.32 Å². The Labute approximate surface area is 111 Å². The minimum Gasteiger partial charge on any atom is -0.406 e. The summed E-state index contributed by atoms with van der Waals surface area (Å²) in [7, 11) is 0. The molecular weight excluding hydrogens is 255 g/mol. The lowest BCUT2D eigenvalue weighted by molar-refractivity contribution is -0.274. The SMILES string of the molecule is CCNC(CC1CC1)c1ccc(OC(F)(F)F)cc1. The maximum absolute atomic E-state index is 12.1. The number of rotatable bonds is 6. The fourth-order valence-corrected chi connectivity index (χ4v) is 2.17. The molecule has 0 bridgehead atoms. The van der Waals surface area contributed by atoms with Crippen molar-refractivity contribution in [3.05, 3.63) is 29.8 Å². The van der Waals surface area contributed by atoms with Gasteiger partial charge in [-0.3, -0.25) is 0 Å². The van der Waals surface area contributed by atoms with Crippen LogP contribution < -0.4 is 10.1 Å². The van der Waals surface area contributed by atoms with Gasteiger partial charge in [0.15, 0.2) is 0 Å². The molecule has 1 aliphatic rings. The van der Waals surface area contributed by atoms with Gasteiger partial charge in [-0.25, -0.2) is 0 Å². The second kappa shape index (κ2) is 5.82. The maximum Gasteiger partial charge on any atom is 0.573 e. The van der Waals surface area contributed by atoms with E-state index >= 15 is 0 Å². The Morgan fingerprint density at radius 3 is 2.37 bits per heavy atom. The van der Waals surface area contributed by atoms with Crippen molar-refractivity contribution >= 4 is 0 Å². The van der Waals surface area contributed by atoms with Gasteiger partial charge in [0.05, 0.1) is 0 Å². The molecule has 1 aliphatic carbocycles. The molecule has 0 radical (unpaired) electrons. The van der Waals surface area contributed by atoms with Crippen molar-refractivity contribution in [2.75, 3.05) is 6.54 Å². The van der Waals surface area contributed by atoms with E-state index in [4.69, 9.17) is 0 Å². The molecule has 2 rings (SSSR count). The van der Waals surface area contributed by atoms with Gasteiger partial charge in [-0.05, 0) is 36.6 Å². The molecule has 2 nitrogen and oxygen atoms in total. The third-order valence-electron chi connectivity index (χ3n) is 3.23. The van der Waals surface area contributed by atoms with E-state index in [1.54, 1.807) is 12.1 Å². The molecule has 5 heteroatoms. The van der Waals surface area contributed by atoms with Gasteiger partial charge in [0, 0.05) is 6.04 Å². The Morgan fingerprint density at radius 2 is 1.89 bits per heavy atom. The Bertz CT molecular complexity index is 398. The molecule has 1 aromatic carbocycles. The predicted octanol–water partition coefficient (Wildman–Crippen LogP) is 4.04. The maximum atomic E-state index is 12.1. The van der Waals surface area contributed by atoms with E-state index in [-0.39, 0.29) is 11.8 Å². The largest absolute Gasteiger partial charge is 0.573 e. The van der Waals surface area contributed by atoms with Crippen LogP contribution in [-0.2, 0) is 0 Å². The summed E-state index contributed by atoms with van der Waals surface area (Å²) < 4.78 is 40.1. The summed E-state index contributed by atoms with van der Waals surface area (Å²) in [5.74, 6) is 0.591. The van der Waals surface area contributed by atoms with E-state index < -0.39 is 6.36 Å². The van der Waals surface area contributed by atoms with Crippen molar-refractivity contribution in [3.63, 3.8) is 0 Å². The summed E-state index contributed by atoms with van der Waals surface area (Å²) in [4.78, 5) is 0. The molecule has 19 heavy (non-hydrogen) atoms. The highest BCUT2D eigenvalue weighted by molar-refractivity contribution is 5.29. The standard InChI is InChI=1S/C14H18F3NO/c1-2-18-13(9-10-3-4-10)11-5-7-12(8-6-11)19-14(15,16)17/h5-8,10,13,18H,2-4,9H2,1H3. The van der Waals surface area contributed by atoms with E-state index in [1.165, 1.54) is 25.0 Å². The van der Waals surface area contributed by atoms with Gasteiger partial charge in [-0.2, -0.15) is 0 Å². The van der Waals surface area contributed by atoms with E-state index in [2.05, 4.69) is 10.1 Å². The normalized spacial score (nSPS) is 17.3. The van der Waals surface area contributed by atoms with Crippen LogP contribution in [0.15, 0.2) is 24.3 Å². The second-order valence-corrected chi connectivity index (χ2v) is 4.91. The first-order valence-corrected chi connectivity index (χ1v) is 6.57. The van der Waals surface area contributed by atoms with Gasteiger partial charge in [-0.15, -0.1) is 13.2 Å². The first-order chi connectivity index (χ1) is 8.98. The van der Waals surface area contributed by atoms with Gasteiger partial charge >= 0.3 is 6.36 Å².